The predicted octanol–water partition coefficient (Wildman–Crippen LogP) is 1.09. The van der Waals surface area contributed by atoms with Crippen molar-refractivity contribution in [2.45, 2.75) is 52.6 Å². The van der Waals surface area contributed by atoms with Crippen LogP contribution in [0.15, 0.2) is 0 Å². The summed E-state index contributed by atoms with van der Waals surface area (Å²) in [5, 5.41) is 11.7. The zero-order chi connectivity index (χ0) is 13.6. The summed E-state index contributed by atoms with van der Waals surface area (Å²) in [4.78, 5) is 24.2. The molecule has 0 aromatic carbocycles. The largest absolute Gasteiger partial charge is 0.481 e. The van der Waals surface area contributed by atoms with Crippen LogP contribution in [0.5, 0.6) is 0 Å². The molecule has 0 bridgehead atoms. The van der Waals surface area contributed by atoms with Crippen molar-refractivity contribution in [3.05, 3.63) is 0 Å². The zero-order valence-corrected chi connectivity index (χ0v) is 11.4. The van der Waals surface area contributed by atoms with Crippen molar-refractivity contribution in [3.63, 3.8) is 0 Å². The van der Waals surface area contributed by atoms with Crippen LogP contribution in [0.25, 0.3) is 0 Å². The number of aliphatic carboxylic acids is 1. The van der Waals surface area contributed by atoms with Crippen LogP contribution in [0.3, 0.4) is 0 Å². The standard InChI is InChI=1S/C12H24N2O3/c1-9(2)13-8-10(15)14(12(3,4)5)7-6-11(16)17/h9,13H,6-8H2,1-5H3,(H,16,17). The average molecular weight is 244 g/mol. The third-order valence-corrected chi connectivity index (χ3v) is 2.32. The van der Waals surface area contributed by atoms with E-state index in [9.17, 15) is 9.59 Å². The molecule has 5 nitrogen and oxygen atoms in total. The van der Waals surface area contributed by atoms with Gasteiger partial charge in [-0.25, -0.2) is 0 Å². The van der Waals surface area contributed by atoms with Crippen LogP contribution in [-0.4, -0.2) is 46.6 Å². The Morgan fingerprint density at radius 2 is 1.82 bits per heavy atom. The summed E-state index contributed by atoms with van der Waals surface area (Å²) in [6, 6.07) is 0.236. The fraction of sp³-hybridized carbons (Fsp3) is 0.833. The molecule has 0 aliphatic heterocycles. The summed E-state index contributed by atoms with van der Waals surface area (Å²) < 4.78 is 0. The normalized spacial score (nSPS) is 11.6. The van der Waals surface area contributed by atoms with Crippen LogP contribution in [0, 0.1) is 0 Å². The van der Waals surface area contributed by atoms with E-state index in [-0.39, 0.29) is 37.0 Å². The van der Waals surface area contributed by atoms with Crippen LogP contribution in [-0.2, 0) is 9.59 Å². The molecule has 0 saturated heterocycles. The van der Waals surface area contributed by atoms with Gasteiger partial charge in [0.1, 0.15) is 0 Å². The molecule has 0 aromatic heterocycles. The first kappa shape index (κ1) is 15.9. The van der Waals surface area contributed by atoms with Gasteiger partial charge in [-0.3, -0.25) is 9.59 Å². The van der Waals surface area contributed by atoms with Crippen molar-refractivity contribution < 1.29 is 14.7 Å². The third-order valence-electron chi connectivity index (χ3n) is 2.32. The maximum Gasteiger partial charge on any atom is 0.305 e. The van der Waals surface area contributed by atoms with Crippen molar-refractivity contribution in [2.75, 3.05) is 13.1 Å². The van der Waals surface area contributed by atoms with Crippen LogP contribution < -0.4 is 5.32 Å². The summed E-state index contributed by atoms with van der Waals surface area (Å²) in [6.07, 6.45) is -0.0231. The molecule has 0 unspecified atom stereocenters. The van der Waals surface area contributed by atoms with Gasteiger partial charge in [0, 0.05) is 18.1 Å². The lowest BCUT2D eigenvalue weighted by Crippen LogP contribution is -2.50. The number of hydrogen-bond acceptors (Lipinski definition) is 3. The lowest BCUT2D eigenvalue weighted by molar-refractivity contribution is -0.140. The molecule has 5 heteroatoms. The second-order valence-electron chi connectivity index (χ2n) is 5.40. The summed E-state index contributed by atoms with van der Waals surface area (Å²) in [5.74, 6) is -0.948. The lowest BCUT2D eigenvalue weighted by atomic mass is 10.1. The van der Waals surface area contributed by atoms with Crippen LogP contribution in [0.1, 0.15) is 41.0 Å². The molecule has 0 radical (unpaired) electrons. The minimum absolute atomic E-state index is 0.0231. The van der Waals surface area contributed by atoms with Gasteiger partial charge in [0.15, 0.2) is 0 Å². The van der Waals surface area contributed by atoms with Crippen LogP contribution >= 0.6 is 0 Å². The Kier molecular flexibility index (Phi) is 6.16. The average Bonchev–Trinajstić information content (AvgIpc) is 2.12. The summed E-state index contributed by atoms with van der Waals surface area (Å²) >= 11 is 0. The lowest BCUT2D eigenvalue weighted by Gasteiger charge is -2.35. The van der Waals surface area contributed by atoms with Gasteiger partial charge in [-0.15, -0.1) is 0 Å². The summed E-state index contributed by atoms with van der Waals surface area (Å²) in [6.45, 7) is 10.1. The molecule has 0 saturated carbocycles. The number of nitrogens with one attached hydrogen (secondary N) is 1. The van der Waals surface area contributed by atoms with E-state index in [0.717, 1.165) is 0 Å². The maximum absolute atomic E-state index is 12.0. The van der Waals surface area contributed by atoms with Gasteiger partial charge in [-0.05, 0) is 20.8 Å². The fourth-order valence-electron chi connectivity index (χ4n) is 1.43. The Hall–Kier alpha value is -1.10. The van der Waals surface area contributed by atoms with Crippen molar-refractivity contribution >= 4 is 11.9 Å². The molecule has 1 amide bonds. The predicted molar refractivity (Wildman–Crippen MR) is 66.9 cm³/mol. The van der Waals surface area contributed by atoms with E-state index in [1.807, 2.05) is 34.6 Å². The summed E-state index contributed by atoms with van der Waals surface area (Å²) in [5.41, 5.74) is -0.356. The fourth-order valence-corrected chi connectivity index (χ4v) is 1.43. The Balaban J connectivity index is 4.47. The smallest absolute Gasteiger partial charge is 0.305 e. The first-order chi connectivity index (χ1) is 7.64. The Bertz CT molecular complexity index is 269. The molecule has 0 atom stereocenters. The van der Waals surface area contributed by atoms with E-state index in [0.29, 0.717) is 0 Å². The first-order valence-electron chi connectivity index (χ1n) is 5.90. The van der Waals surface area contributed by atoms with E-state index >= 15 is 0 Å². The molecule has 0 aromatic rings. The van der Waals surface area contributed by atoms with E-state index < -0.39 is 5.97 Å². The van der Waals surface area contributed by atoms with E-state index in [4.69, 9.17) is 5.11 Å². The Morgan fingerprint density at radius 3 is 2.18 bits per heavy atom. The number of carboxylic acid groups (broad SMARTS) is 1. The SMILES string of the molecule is CC(C)NCC(=O)N(CCC(=O)O)C(C)(C)C. The molecule has 0 fully saturated rings. The highest BCUT2D eigenvalue weighted by atomic mass is 16.4. The van der Waals surface area contributed by atoms with Gasteiger partial charge in [0.2, 0.25) is 5.91 Å². The topological polar surface area (TPSA) is 69.6 Å². The maximum atomic E-state index is 12.0. The third kappa shape index (κ3) is 6.94. The first-order valence-corrected chi connectivity index (χ1v) is 5.90. The number of hydrogen-bond donors (Lipinski definition) is 2. The molecule has 0 spiro atoms. The van der Waals surface area contributed by atoms with Gasteiger partial charge >= 0.3 is 5.97 Å². The van der Waals surface area contributed by atoms with Gasteiger partial charge < -0.3 is 15.3 Å². The zero-order valence-electron chi connectivity index (χ0n) is 11.4. The molecule has 0 aliphatic carbocycles. The number of amides is 1. The van der Waals surface area contributed by atoms with Gasteiger partial charge in [-0.2, -0.15) is 0 Å². The molecular formula is C12H24N2O3. The van der Waals surface area contributed by atoms with Crippen molar-refractivity contribution in [2.24, 2.45) is 0 Å². The second-order valence-corrected chi connectivity index (χ2v) is 5.40. The monoisotopic (exact) mass is 244 g/mol. The molecule has 100 valence electrons. The van der Waals surface area contributed by atoms with Crippen molar-refractivity contribution in [3.8, 4) is 0 Å². The second kappa shape index (κ2) is 6.59. The van der Waals surface area contributed by atoms with E-state index in [2.05, 4.69) is 5.32 Å². The summed E-state index contributed by atoms with van der Waals surface area (Å²) in [7, 11) is 0. The van der Waals surface area contributed by atoms with Crippen LogP contribution in [0.2, 0.25) is 0 Å². The highest BCUT2D eigenvalue weighted by Crippen LogP contribution is 2.13. The Morgan fingerprint density at radius 1 is 1.29 bits per heavy atom. The molecule has 0 aliphatic rings. The minimum Gasteiger partial charge on any atom is -0.481 e. The number of carbonyl (C=O) groups is 2. The van der Waals surface area contributed by atoms with Gasteiger partial charge in [0.25, 0.3) is 0 Å². The molecule has 17 heavy (non-hydrogen) atoms. The molecule has 2 N–H and O–H groups in total. The number of carbonyl (C=O) groups excluding carboxylic acids is 1. The Labute approximate surface area is 103 Å². The quantitative estimate of drug-likeness (QED) is 0.733. The van der Waals surface area contributed by atoms with Crippen molar-refractivity contribution in [1.29, 1.82) is 0 Å². The number of nitrogens with zero attached hydrogens (tertiary/aromatic N) is 1. The van der Waals surface area contributed by atoms with Crippen LogP contribution in [0.4, 0.5) is 0 Å². The van der Waals surface area contributed by atoms with E-state index in [1.54, 1.807) is 4.90 Å². The number of rotatable bonds is 6. The van der Waals surface area contributed by atoms with Gasteiger partial charge in [-0.1, -0.05) is 13.8 Å². The highest BCUT2D eigenvalue weighted by Gasteiger charge is 2.26. The van der Waals surface area contributed by atoms with E-state index in [1.165, 1.54) is 0 Å². The van der Waals surface area contributed by atoms with Crippen molar-refractivity contribution in [1.82, 2.24) is 10.2 Å². The minimum atomic E-state index is -0.885. The number of carboxylic acids is 1. The van der Waals surface area contributed by atoms with Gasteiger partial charge in [0.05, 0.1) is 13.0 Å². The molecular weight excluding hydrogens is 220 g/mol. The molecule has 0 rings (SSSR count). The highest BCUT2D eigenvalue weighted by molar-refractivity contribution is 5.79. The molecule has 0 heterocycles.